The first-order valence-corrected chi connectivity index (χ1v) is 12.3. The van der Waals surface area contributed by atoms with E-state index in [9.17, 15) is 0 Å². The smallest absolute Gasteiger partial charge is 0.165 e. The van der Waals surface area contributed by atoms with Gasteiger partial charge < -0.3 is 25.5 Å². The molecule has 4 N–H and O–H groups in total. The van der Waals surface area contributed by atoms with Crippen LogP contribution in [0.1, 0.15) is 77.7 Å². The number of ether oxygens (including phenoxy) is 1. The number of imidazole rings is 1. The number of nitrogens with one attached hydrogen (secondary N) is 1. The van der Waals surface area contributed by atoms with Crippen LogP contribution in [0.2, 0.25) is 0 Å². The molecule has 0 aromatic carbocycles. The van der Waals surface area contributed by atoms with Gasteiger partial charge in [0.1, 0.15) is 11.8 Å². The third-order valence-electron chi connectivity index (χ3n) is 6.39. The fourth-order valence-corrected chi connectivity index (χ4v) is 4.34. The van der Waals surface area contributed by atoms with Crippen molar-refractivity contribution >= 4 is 34.2 Å². The van der Waals surface area contributed by atoms with Crippen LogP contribution in [0.5, 0.6) is 0 Å². The lowest BCUT2D eigenvalue weighted by Crippen LogP contribution is -2.20. The highest BCUT2D eigenvalue weighted by atomic mass is 32.1. The number of hydrogen-bond donors (Lipinski definition) is 3. The Hall–Kier alpha value is -1.84. The summed E-state index contributed by atoms with van der Waals surface area (Å²) < 4.78 is 7.57. The summed E-state index contributed by atoms with van der Waals surface area (Å²) in [6.45, 7) is 5.98. The number of fused-ring (bicyclic) bond motifs is 1. The summed E-state index contributed by atoms with van der Waals surface area (Å²) in [6.07, 6.45) is 13.1. The number of aliphatic hydroxyl groups is 1. The van der Waals surface area contributed by atoms with Crippen LogP contribution in [-0.2, 0) is 4.74 Å². The van der Waals surface area contributed by atoms with Gasteiger partial charge in [0, 0.05) is 12.6 Å². The average molecular weight is 463 g/mol. The first-order valence-electron chi connectivity index (χ1n) is 11.9. The maximum atomic E-state index is 8.73. The minimum absolute atomic E-state index is 0.0463. The molecule has 2 aromatic rings. The molecule has 4 rings (SSSR count). The minimum atomic E-state index is 0.0463. The number of hydrogen-bond acceptors (Lipinski definition) is 7. The fraction of sp³-hybridized carbons (Fsp3) is 0.739. The zero-order chi connectivity index (χ0) is 22.9. The molecule has 0 spiro atoms. The standard InChI is InChI=1S/C18H28N6OS.C5H10O/c1-12(4-6-15(19)26)3-5-13(2)24-11-22-16-17(20-10-21-18(16)24)23-14-7-8-25-9-14;6-5-3-1-2-4-5/h10-14H,3-9H2,1-2H3,(H2,19,26)(H,20,21,23);5-6H,1-4H2/t12-,13?,14+;/m0./s1. The lowest BCUT2D eigenvalue weighted by Gasteiger charge is -2.17. The molecule has 1 saturated heterocycles. The second kappa shape index (κ2) is 12.4. The van der Waals surface area contributed by atoms with E-state index in [0.29, 0.717) is 29.6 Å². The number of rotatable bonds is 9. The van der Waals surface area contributed by atoms with Crippen LogP contribution in [0.4, 0.5) is 5.82 Å². The molecule has 0 bridgehead atoms. The van der Waals surface area contributed by atoms with Gasteiger partial charge in [-0.25, -0.2) is 15.0 Å². The highest BCUT2D eigenvalue weighted by Gasteiger charge is 2.20. The van der Waals surface area contributed by atoms with E-state index in [2.05, 4.69) is 38.7 Å². The molecule has 1 saturated carbocycles. The molecule has 1 unspecified atom stereocenters. The Kier molecular flexibility index (Phi) is 9.62. The van der Waals surface area contributed by atoms with Crippen LogP contribution in [-0.4, -0.2) is 55.0 Å². The number of nitrogens with zero attached hydrogens (tertiary/aromatic N) is 4. The van der Waals surface area contributed by atoms with Gasteiger partial charge in [-0.05, 0) is 57.8 Å². The molecule has 9 heteroatoms. The van der Waals surface area contributed by atoms with Gasteiger partial charge in [0.05, 0.1) is 30.1 Å². The molecular weight excluding hydrogens is 424 g/mol. The molecule has 8 nitrogen and oxygen atoms in total. The lowest BCUT2D eigenvalue weighted by molar-refractivity contribution is 0.183. The van der Waals surface area contributed by atoms with E-state index in [-0.39, 0.29) is 6.10 Å². The first-order chi connectivity index (χ1) is 15.4. The summed E-state index contributed by atoms with van der Waals surface area (Å²) in [5.41, 5.74) is 7.31. The molecule has 0 amide bonds. The second-order valence-corrected chi connectivity index (χ2v) is 9.75. The van der Waals surface area contributed by atoms with E-state index >= 15 is 0 Å². The Morgan fingerprint density at radius 2 is 2.00 bits per heavy atom. The van der Waals surface area contributed by atoms with Gasteiger partial charge in [0.15, 0.2) is 11.5 Å². The zero-order valence-corrected chi connectivity index (χ0v) is 20.2. The van der Waals surface area contributed by atoms with Gasteiger partial charge in [-0.1, -0.05) is 32.0 Å². The number of aliphatic hydroxyl groups excluding tert-OH is 1. The van der Waals surface area contributed by atoms with E-state index in [1.807, 2.05) is 6.33 Å². The van der Waals surface area contributed by atoms with E-state index in [4.69, 9.17) is 27.8 Å². The van der Waals surface area contributed by atoms with Crippen LogP contribution in [0.15, 0.2) is 12.7 Å². The Balaban J connectivity index is 0.000000416. The van der Waals surface area contributed by atoms with Gasteiger partial charge >= 0.3 is 0 Å². The Morgan fingerprint density at radius 3 is 2.62 bits per heavy atom. The third kappa shape index (κ3) is 7.35. The molecule has 2 fully saturated rings. The van der Waals surface area contributed by atoms with E-state index in [1.165, 1.54) is 12.8 Å². The Bertz CT molecular complexity index is 848. The van der Waals surface area contributed by atoms with Gasteiger partial charge in [0.25, 0.3) is 0 Å². The van der Waals surface area contributed by atoms with Crippen molar-refractivity contribution in [3.63, 3.8) is 0 Å². The highest BCUT2D eigenvalue weighted by Crippen LogP contribution is 2.26. The van der Waals surface area contributed by atoms with Crippen molar-refractivity contribution in [3.8, 4) is 0 Å². The maximum Gasteiger partial charge on any atom is 0.165 e. The minimum Gasteiger partial charge on any atom is -0.393 e. The van der Waals surface area contributed by atoms with Crippen LogP contribution < -0.4 is 11.1 Å². The molecule has 3 heterocycles. The third-order valence-corrected chi connectivity index (χ3v) is 6.59. The molecule has 1 aliphatic heterocycles. The van der Waals surface area contributed by atoms with Gasteiger partial charge in [-0.2, -0.15) is 0 Å². The SMILES string of the molecule is CC(CC[C@H](C)CCC(N)=S)n1cnc2c(N[C@@H]3CCOC3)ncnc21.OC1CCCC1. The molecule has 32 heavy (non-hydrogen) atoms. The van der Waals surface area contributed by atoms with Crippen LogP contribution >= 0.6 is 12.2 Å². The summed E-state index contributed by atoms with van der Waals surface area (Å²) >= 11 is 4.97. The van der Waals surface area contributed by atoms with Crippen LogP contribution in [0.3, 0.4) is 0 Å². The first kappa shape index (κ1) is 24.8. The number of thiocarbonyl (C=S) groups is 1. The summed E-state index contributed by atoms with van der Waals surface area (Å²) in [6, 6.07) is 0.620. The summed E-state index contributed by atoms with van der Waals surface area (Å²) in [5.74, 6) is 1.39. The van der Waals surface area contributed by atoms with Gasteiger partial charge in [-0.3, -0.25) is 0 Å². The average Bonchev–Trinajstić information content (AvgIpc) is 3.53. The Morgan fingerprint density at radius 1 is 1.22 bits per heavy atom. The van der Waals surface area contributed by atoms with Crippen molar-refractivity contribution in [2.75, 3.05) is 18.5 Å². The lowest BCUT2D eigenvalue weighted by atomic mass is 9.97. The van der Waals surface area contributed by atoms with E-state index in [1.54, 1.807) is 6.33 Å². The van der Waals surface area contributed by atoms with Crippen LogP contribution in [0, 0.1) is 5.92 Å². The number of nitrogens with two attached hydrogens (primary N) is 1. The van der Waals surface area contributed by atoms with E-state index in [0.717, 1.165) is 68.5 Å². The van der Waals surface area contributed by atoms with Crippen molar-refractivity contribution in [2.24, 2.45) is 11.7 Å². The maximum absolute atomic E-state index is 8.73. The topological polar surface area (TPSA) is 111 Å². The van der Waals surface area contributed by atoms with Gasteiger partial charge in [-0.15, -0.1) is 0 Å². The highest BCUT2D eigenvalue weighted by molar-refractivity contribution is 7.80. The number of aromatic nitrogens is 4. The Labute approximate surface area is 196 Å². The molecule has 0 radical (unpaired) electrons. The molecule has 3 atom stereocenters. The number of anilines is 1. The molecule has 1 aliphatic carbocycles. The normalized spacial score (nSPS) is 20.7. The molecule has 2 aliphatic rings. The van der Waals surface area contributed by atoms with Crippen molar-refractivity contribution in [1.82, 2.24) is 19.5 Å². The van der Waals surface area contributed by atoms with Gasteiger partial charge in [0.2, 0.25) is 0 Å². The van der Waals surface area contributed by atoms with E-state index < -0.39 is 0 Å². The largest absolute Gasteiger partial charge is 0.393 e. The van der Waals surface area contributed by atoms with Crippen molar-refractivity contribution in [1.29, 1.82) is 0 Å². The zero-order valence-electron chi connectivity index (χ0n) is 19.4. The van der Waals surface area contributed by atoms with Crippen molar-refractivity contribution in [3.05, 3.63) is 12.7 Å². The molecular formula is C23H38N6O2S. The molecule has 178 valence electrons. The fourth-order valence-electron chi connectivity index (χ4n) is 4.22. The second-order valence-electron chi connectivity index (χ2n) is 9.23. The van der Waals surface area contributed by atoms with Crippen molar-refractivity contribution < 1.29 is 9.84 Å². The molecule has 2 aromatic heterocycles. The predicted octanol–water partition coefficient (Wildman–Crippen LogP) is 3.99. The summed E-state index contributed by atoms with van der Waals surface area (Å²) in [7, 11) is 0. The summed E-state index contributed by atoms with van der Waals surface area (Å²) in [5, 5.41) is 12.2. The predicted molar refractivity (Wildman–Crippen MR) is 132 cm³/mol. The van der Waals surface area contributed by atoms with Crippen molar-refractivity contribution in [2.45, 2.75) is 89.8 Å². The summed E-state index contributed by atoms with van der Waals surface area (Å²) in [4.78, 5) is 14.0. The quantitative estimate of drug-likeness (QED) is 0.480. The monoisotopic (exact) mass is 462 g/mol. The van der Waals surface area contributed by atoms with Crippen LogP contribution in [0.25, 0.3) is 11.2 Å².